The number of thiophene rings is 1. The second-order valence-corrected chi connectivity index (χ2v) is 8.40. The summed E-state index contributed by atoms with van der Waals surface area (Å²) in [7, 11) is -3.63. The van der Waals surface area contributed by atoms with Crippen LogP contribution < -0.4 is 10.0 Å². The summed E-state index contributed by atoms with van der Waals surface area (Å²) in [5.74, 6) is -0.253. The normalized spacial score (nSPS) is 20.8. The predicted octanol–water partition coefficient (Wildman–Crippen LogP) is 1.38. The number of hydrogen-bond donors (Lipinski definition) is 2. The summed E-state index contributed by atoms with van der Waals surface area (Å²) in [6.07, 6.45) is 1.32. The average molecular weight is 353 g/mol. The van der Waals surface area contributed by atoms with Crippen LogP contribution in [0.4, 0.5) is 0 Å². The second-order valence-electron chi connectivity index (χ2n) is 4.08. The molecule has 100 valence electrons. The van der Waals surface area contributed by atoms with Crippen LogP contribution in [0.1, 0.15) is 17.7 Å². The molecule has 1 saturated heterocycles. The van der Waals surface area contributed by atoms with E-state index in [0.717, 1.165) is 10.2 Å². The number of hydrogen-bond acceptors (Lipinski definition) is 4. The van der Waals surface area contributed by atoms with Crippen LogP contribution in [0.3, 0.4) is 0 Å². The van der Waals surface area contributed by atoms with Gasteiger partial charge in [-0.3, -0.25) is 4.79 Å². The molecule has 1 aromatic heterocycles. The van der Waals surface area contributed by atoms with Crippen LogP contribution in [0.2, 0.25) is 0 Å². The fourth-order valence-corrected chi connectivity index (χ4v) is 5.48. The number of halogens is 1. The minimum absolute atomic E-state index is 0.234. The lowest BCUT2D eigenvalue weighted by Gasteiger charge is -2.22. The SMILES string of the molecule is Cc1sc(Br)cc1S(=O)(=O)NC1CCCNC1=O. The van der Waals surface area contributed by atoms with Crippen LogP contribution in [0, 0.1) is 6.92 Å². The van der Waals surface area contributed by atoms with E-state index >= 15 is 0 Å². The van der Waals surface area contributed by atoms with Gasteiger partial charge in [0.25, 0.3) is 0 Å². The molecule has 1 unspecified atom stereocenters. The maximum Gasteiger partial charge on any atom is 0.242 e. The van der Waals surface area contributed by atoms with Gasteiger partial charge < -0.3 is 5.32 Å². The maximum absolute atomic E-state index is 12.2. The Kier molecular flexibility index (Phi) is 4.10. The molecule has 0 spiro atoms. The van der Waals surface area contributed by atoms with Crippen LogP contribution in [-0.4, -0.2) is 26.9 Å². The highest BCUT2D eigenvalue weighted by Gasteiger charge is 2.29. The average Bonchev–Trinajstić information content (AvgIpc) is 2.62. The Labute approximate surface area is 118 Å². The first-order valence-electron chi connectivity index (χ1n) is 5.46. The van der Waals surface area contributed by atoms with Gasteiger partial charge in [-0.15, -0.1) is 11.3 Å². The molecular formula is C10H13BrN2O3S2. The first kappa shape index (κ1) is 14.0. The van der Waals surface area contributed by atoms with Gasteiger partial charge in [-0.25, -0.2) is 8.42 Å². The van der Waals surface area contributed by atoms with Gasteiger partial charge in [-0.1, -0.05) is 0 Å². The van der Waals surface area contributed by atoms with Crippen LogP contribution in [0.25, 0.3) is 0 Å². The fourth-order valence-electron chi connectivity index (χ4n) is 1.83. The molecule has 0 saturated carbocycles. The van der Waals surface area contributed by atoms with Crippen molar-refractivity contribution in [1.82, 2.24) is 10.0 Å². The van der Waals surface area contributed by atoms with Crippen molar-refractivity contribution in [3.05, 3.63) is 14.7 Å². The molecule has 0 aromatic carbocycles. The van der Waals surface area contributed by atoms with E-state index in [1.54, 1.807) is 13.0 Å². The van der Waals surface area contributed by atoms with Crippen LogP contribution in [-0.2, 0) is 14.8 Å². The molecule has 1 atom stereocenters. The molecule has 5 nitrogen and oxygen atoms in total. The third-order valence-electron chi connectivity index (χ3n) is 2.71. The van der Waals surface area contributed by atoms with E-state index in [0.29, 0.717) is 17.8 Å². The van der Waals surface area contributed by atoms with Gasteiger partial charge in [-0.2, -0.15) is 4.72 Å². The van der Waals surface area contributed by atoms with E-state index in [9.17, 15) is 13.2 Å². The summed E-state index contributed by atoms with van der Waals surface area (Å²) in [5, 5.41) is 2.65. The first-order valence-corrected chi connectivity index (χ1v) is 8.55. The molecule has 1 amide bonds. The molecule has 2 N–H and O–H groups in total. The van der Waals surface area contributed by atoms with Crippen LogP contribution in [0.15, 0.2) is 14.7 Å². The number of piperidine rings is 1. The predicted molar refractivity (Wildman–Crippen MR) is 73.1 cm³/mol. The molecule has 0 radical (unpaired) electrons. The van der Waals surface area contributed by atoms with Gasteiger partial charge in [0.1, 0.15) is 6.04 Å². The molecule has 2 heterocycles. The van der Waals surface area contributed by atoms with E-state index in [2.05, 4.69) is 26.0 Å². The van der Waals surface area contributed by atoms with E-state index < -0.39 is 16.1 Å². The Bertz CT molecular complexity index is 568. The molecule has 18 heavy (non-hydrogen) atoms. The number of nitrogens with one attached hydrogen (secondary N) is 2. The number of aryl methyl sites for hydroxylation is 1. The molecule has 1 aromatic rings. The summed E-state index contributed by atoms with van der Waals surface area (Å²) in [5.41, 5.74) is 0. The van der Waals surface area contributed by atoms with Crippen LogP contribution in [0.5, 0.6) is 0 Å². The maximum atomic E-state index is 12.2. The monoisotopic (exact) mass is 352 g/mol. The summed E-state index contributed by atoms with van der Waals surface area (Å²) in [6, 6.07) is 0.894. The molecule has 1 aliphatic heterocycles. The highest BCUT2D eigenvalue weighted by molar-refractivity contribution is 9.11. The van der Waals surface area contributed by atoms with E-state index in [-0.39, 0.29) is 10.8 Å². The van der Waals surface area contributed by atoms with Gasteiger partial charge in [-0.05, 0) is 41.8 Å². The third kappa shape index (κ3) is 2.93. The number of carbonyl (C=O) groups is 1. The summed E-state index contributed by atoms with van der Waals surface area (Å²) in [6.45, 7) is 2.35. The van der Waals surface area contributed by atoms with Crippen LogP contribution >= 0.6 is 27.3 Å². The Morgan fingerprint density at radius 2 is 2.28 bits per heavy atom. The third-order valence-corrected chi connectivity index (χ3v) is 5.99. The lowest BCUT2D eigenvalue weighted by atomic mass is 10.1. The topological polar surface area (TPSA) is 75.3 Å². The lowest BCUT2D eigenvalue weighted by molar-refractivity contribution is -0.124. The molecule has 1 fully saturated rings. The Hall–Kier alpha value is -0.440. The first-order chi connectivity index (χ1) is 8.40. The number of carbonyl (C=O) groups excluding carboxylic acids is 1. The number of sulfonamides is 1. The quantitative estimate of drug-likeness (QED) is 0.862. The zero-order valence-electron chi connectivity index (χ0n) is 9.70. The zero-order valence-corrected chi connectivity index (χ0v) is 12.9. The smallest absolute Gasteiger partial charge is 0.242 e. The lowest BCUT2D eigenvalue weighted by Crippen LogP contribution is -2.50. The largest absolute Gasteiger partial charge is 0.355 e. The van der Waals surface area contributed by atoms with E-state index in [1.807, 2.05) is 0 Å². The Morgan fingerprint density at radius 1 is 1.56 bits per heavy atom. The number of rotatable bonds is 3. The van der Waals surface area contributed by atoms with Crippen molar-refractivity contribution in [3.8, 4) is 0 Å². The van der Waals surface area contributed by atoms with Gasteiger partial charge >= 0.3 is 0 Å². The van der Waals surface area contributed by atoms with Gasteiger partial charge in [0.15, 0.2) is 0 Å². The highest BCUT2D eigenvalue weighted by atomic mass is 79.9. The summed E-state index contributed by atoms with van der Waals surface area (Å²) >= 11 is 4.62. The molecule has 2 rings (SSSR count). The van der Waals surface area contributed by atoms with Crippen molar-refractivity contribution in [2.45, 2.75) is 30.7 Å². The summed E-state index contributed by atoms with van der Waals surface area (Å²) < 4.78 is 27.6. The molecule has 8 heteroatoms. The van der Waals surface area contributed by atoms with Crippen molar-refractivity contribution in [2.24, 2.45) is 0 Å². The fraction of sp³-hybridized carbons (Fsp3) is 0.500. The molecular weight excluding hydrogens is 340 g/mol. The van der Waals surface area contributed by atoms with Gasteiger partial charge in [0, 0.05) is 11.4 Å². The number of amides is 1. The molecule has 1 aliphatic rings. The zero-order chi connectivity index (χ0) is 13.3. The second kappa shape index (κ2) is 5.28. The molecule has 0 bridgehead atoms. The Balaban J connectivity index is 2.21. The van der Waals surface area contributed by atoms with Gasteiger partial charge in [0.05, 0.1) is 8.68 Å². The van der Waals surface area contributed by atoms with Gasteiger partial charge in [0.2, 0.25) is 15.9 Å². The van der Waals surface area contributed by atoms with Crippen molar-refractivity contribution in [1.29, 1.82) is 0 Å². The van der Waals surface area contributed by atoms with Crippen molar-refractivity contribution in [3.63, 3.8) is 0 Å². The van der Waals surface area contributed by atoms with Crippen molar-refractivity contribution < 1.29 is 13.2 Å². The Morgan fingerprint density at radius 3 is 2.83 bits per heavy atom. The van der Waals surface area contributed by atoms with E-state index in [4.69, 9.17) is 0 Å². The standard InChI is InChI=1S/C10H13BrN2O3S2/c1-6-8(5-9(11)17-6)18(15,16)13-7-3-2-4-12-10(7)14/h5,7,13H,2-4H2,1H3,(H,12,14). The summed E-state index contributed by atoms with van der Waals surface area (Å²) in [4.78, 5) is 12.5. The minimum Gasteiger partial charge on any atom is -0.355 e. The van der Waals surface area contributed by atoms with Crippen molar-refractivity contribution in [2.75, 3.05) is 6.54 Å². The molecule has 0 aliphatic carbocycles. The van der Waals surface area contributed by atoms with Crippen molar-refractivity contribution >= 4 is 43.2 Å². The highest BCUT2D eigenvalue weighted by Crippen LogP contribution is 2.29. The minimum atomic E-state index is -3.63. The van der Waals surface area contributed by atoms with E-state index in [1.165, 1.54) is 11.3 Å².